The quantitative estimate of drug-likeness (QED) is 0.486. The van der Waals surface area contributed by atoms with Gasteiger partial charge in [-0.15, -0.1) is 5.10 Å². The number of carbonyl (C=O) groups is 2. The summed E-state index contributed by atoms with van der Waals surface area (Å²) in [6, 6.07) is 14.9. The van der Waals surface area contributed by atoms with Gasteiger partial charge in [0.15, 0.2) is 5.78 Å². The van der Waals surface area contributed by atoms with Gasteiger partial charge in [0.05, 0.1) is 10.9 Å². The topological polar surface area (TPSA) is 89.8 Å². The fourth-order valence-electron chi connectivity index (χ4n) is 2.68. The maximum atomic E-state index is 12.7. The zero-order valence-electron chi connectivity index (χ0n) is 15.9. The first-order chi connectivity index (χ1) is 13.5. The Kier molecular flexibility index (Phi) is 6.20. The Morgan fingerprint density at radius 2 is 1.93 bits per heavy atom. The summed E-state index contributed by atoms with van der Waals surface area (Å²) in [5, 5.41) is 14.7. The van der Waals surface area contributed by atoms with Crippen molar-refractivity contribution in [2.45, 2.75) is 37.6 Å². The normalized spacial score (nSPS) is 11.8. The van der Waals surface area contributed by atoms with Crippen molar-refractivity contribution >= 4 is 29.1 Å². The van der Waals surface area contributed by atoms with Crippen molar-refractivity contribution in [2.75, 3.05) is 5.32 Å². The van der Waals surface area contributed by atoms with Crippen molar-refractivity contribution in [2.24, 2.45) is 0 Å². The Morgan fingerprint density at radius 3 is 2.61 bits per heavy atom. The zero-order chi connectivity index (χ0) is 20.1. The van der Waals surface area contributed by atoms with Gasteiger partial charge >= 0.3 is 0 Å². The van der Waals surface area contributed by atoms with E-state index >= 15 is 0 Å². The van der Waals surface area contributed by atoms with Crippen LogP contribution in [0.3, 0.4) is 0 Å². The first-order valence-corrected chi connectivity index (χ1v) is 9.82. The molecule has 0 saturated carbocycles. The first kappa shape index (κ1) is 19.8. The van der Waals surface area contributed by atoms with Gasteiger partial charge in [0, 0.05) is 18.2 Å². The van der Waals surface area contributed by atoms with Crippen LogP contribution in [0.1, 0.15) is 36.7 Å². The summed E-state index contributed by atoms with van der Waals surface area (Å²) in [4.78, 5) is 24.0. The van der Waals surface area contributed by atoms with Crippen molar-refractivity contribution in [3.63, 3.8) is 0 Å². The Bertz CT molecular complexity index is 984. The fraction of sp³-hybridized carbons (Fsp3) is 0.250. The smallest absolute Gasteiger partial charge is 0.221 e. The molecule has 28 heavy (non-hydrogen) atoms. The fourth-order valence-corrected chi connectivity index (χ4v) is 3.57. The number of carbonyl (C=O) groups excluding carboxylic acids is 2. The molecule has 1 aromatic heterocycles. The number of hydrogen-bond acceptors (Lipinski definition) is 6. The predicted molar refractivity (Wildman–Crippen MR) is 109 cm³/mol. The second-order valence-electron chi connectivity index (χ2n) is 6.28. The highest BCUT2D eigenvalue weighted by Gasteiger charge is 2.20. The average molecular weight is 395 g/mol. The number of Topliss-reactive ketones (excluding diaryl/α,β-unsaturated/α-hetero) is 1. The van der Waals surface area contributed by atoms with Crippen molar-refractivity contribution < 1.29 is 9.59 Å². The maximum Gasteiger partial charge on any atom is 0.221 e. The average Bonchev–Trinajstić information content (AvgIpc) is 3.15. The van der Waals surface area contributed by atoms with Crippen LogP contribution in [0.4, 0.5) is 5.69 Å². The third kappa shape index (κ3) is 4.64. The summed E-state index contributed by atoms with van der Waals surface area (Å²) in [5.41, 5.74) is 3.21. The van der Waals surface area contributed by atoms with E-state index in [1.165, 1.54) is 24.2 Å². The number of rotatable bonds is 7. The molecular weight excluding hydrogens is 374 g/mol. The summed E-state index contributed by atoms with van der Waals surface area (Å²) in [7, 11) is 0. The third-order valence-electron chi connectivity index (χ3n) is 4.15. The molecule has 144 valence electrons. The lowest BCUT2D eigenvalue weighted by Crippen LogP contribution is -2.15. The number of nitrogens with one attached hydrogen (secondary N) is 1. The van der Waals surface area contributed by atoms with E-state index in [1.54, 1.807) is 22.9 Å². The number of thioether (sulfide) groups is 1. The molecule has 7 nitrogen and oxygen atoms in total. The number of tetrazole rings is 1. The number of ketones is 1. The van der Waals surface area contributed by atoms with Crippen molar-refractivity contribution in [3.05, 3.63) is 59.7 Å². The number of nitrogens with zero attached hydrogens (tertiary/aromatic N) is 4. The van der Waals surface area contributed by atoms with Gasteiger partial charge in [0.1, 0.15) is 0 Å². The molecular formula is C20H21N5O2S. The maximum absolute atomic E-state index is 12.7. The molecule has 0 aliphatic rings. The molecule has 1 unspecified atom stereocenters. The molecule has 0 aliphatic carbocycles. The van der Waals surface area contributed by atoms with E-state index in [0.29, 0.717) is 22.1 Å². The molecule has 0 bridgehead atoms. The highest BCUT2D eigenvalue weighted by atomic mass is 32.2. The van der Waals surface area contributed by atoms with Crippen LogP contribution in [0.25, 0.3) is 5.69 Å². The van der Waals surface area contributed by atoms with E-state index in [1.807, 2.05) is 37.3 Å². The van der Waals surface area contributed by atoms with Crippen molar-refractivity contribution in [1.29, 1.82) is 0 Å². The predicted octanol–water partition coefficient (Wildman–Crippen LogP) is 3.55. The molecule has 1 amide bonds. The minimum absolute atomic E-state index is 0.0224. The molecule has 2 aromatic carbocycles. The monoisotopic (exact) mass is 395 g/mol. The molecule has 3 aromatic rings. The van der Waals surface area contributed by atoms with Gasteiger partial charge in [-0.2, -0.15) is 4.68 Å². The van der Waals surface area contributed by atoms with E-state index in [-0.39, 0.29) is 16.9 Å². The Morgan fingerprint density at radius 1 is 1.18 bits per heavy atom. The number of anilines is 1. The van der Waals surface area contributed by atoms with Crippen LogP contribution < -0.4 is 5.32 Å². The van der Waals surface area contributed by atoms with Crippen LogP contribution in [0.5, 0.6) is 0 Å². The van der Waals surface area contributed by atoms with E-state index in [0.717, 1.165) is 6.42 Å². The summed E-state index contributed by atoms with van der Waals surface area (Å²) in [6.45, 7) is 5.37. The highest BCUT2D eigenvalue weighted by molar-refractivity contribution is 8.00. The third-order valence-corrected chi connectivity index (χ3v) is 5.18. The van der Waals surface area contributed by atoms with Crippen LogP contribution in [0, 0.1) is 0 Å². The highest BCUT2D eigenvalue weighted by Crippen LogP contribution is 2.26. The molecule has 1 N–H and O–H groups in total. The number of benzene rings is 2. The van der Waals surface area contributed by atoms with Gasteiger partial charge in [-0.1, -0.05) is 49.0 Å². The molecule has 8 heteroatoms. The van der Waals surface area contributed by atoms with Gasteiger partial charge in [0.25, 0.3) is 0 Å². The SMILES string of the molecule is CCc1ccc(C(=O)C(C)Sc2nnnn2-c2cccc(NC(C)=O)c2)cc1. The second-order valence-corrected chi connectivity index (χ2v) is 7.59. The molecule has 0 aliphatic heterocycles. The molecule has 3 rings (SSSR count). The van der Waals surface area contributed by atoms with E-state index in [9.17, 15) is 9.59 Å². The summed E-state index contributed by atoms with van der Waals surface area (Å²) >= 11 is 1.29. The van der Waals surface area contributed by atoms with Crippen LogP contribution in [-0.4, -0.2) is 37.1 Å². The number of aryl methyl sites for hydroxylation is 1. The molecule has 0 saturated heterocycles. The summed E-state index contributed by atoms with van der Waals surface area (Å²) in [6.07, 6.45) is 0.936. The lowest BCUT2D eigenvalue weighted by Gasteiger charge is -2.11. The standard InChI is InChI=1S/C20H21N5O2S/c1-4-15-8-10-16(11-9-15)19(27)13(2)28-20-22-23-24-25(20)18-7-5-6-17(12-18)21-14(3)26/h5-13H,4H2,1-3H3,(H,21,26). The van der Waals surface area contributed by atoms with Gasteiger partial charge in [-0.25, -0.2) is 0 Å². The van der Waals surface area contributed by atoms with Crippen LogP contribution in [0.2, 0.25) is 0 Å². The summed E-state index contributed by atoms with van der Waals surface area (Å²) in [5.74, 6) is -0.133. The Labute approximate surface area is 167 Å². The number of amides is 1. The Hall–Kier alpha value is -3.00. The van der Waals surface area contributed by atoms with Gasteiger partial charge in [-0.05, 0) is 47.5 Å². The molecule has 0 fully saturated rings. The van der Waals surface area contributed by atoms with Crippen molar-refractivity contribution in [1.82, 2.24) is 20.2 Å². The first-order valence-electron chi connectivity index (χ1n) is 8.94. The van der Waals surface area contributed by atoms with E-state index in [2.05, 4.69) is 27.8 Å². The van der Waals surface area contributed by atoms with Crippen LogP contribution >= 0.6 is 11.8 Å². The lowest BCUT2D eigenvalue weighted by atomic mass is 10.1. The number of aromatic nitrogens is 4. The second kappa shape index (κ2) is 8.79. The lowest BCUT2D eigenvalue weighted by molar-refractivity contribution is -0.114. The van der Waals surface area contributed by atoms with Crippen molar-refractivity contribution in [3.8, 4) is 5.69 Å². The van der Waals surface area contributed by atoms with Gasteiger partial charge < -0.3 is 5.32 Å². The molecule has 0 radical (unpaired) electrons. The zero-order valence-corrected chi connectivity index (χ0v) is 16.7. The molecule has 1 heterocycles. The van der Waals surface area contributed by atoms with E-state index < -0.39 is 0 Å². The molecule has 1 atom stereocenters. The minimum atomic E-state index is -0.351. The van der Waals surface area contributed by atoms with Crippen LogP contribution in [0.15, 0.2) is 53.7 Å². The van der Waals surface area contributed by atoms with Gasteiger partial charge in [0.2, 0.25) is 11.1 Å². The largest absolute Gasteiger partial charge is 0.326 e. The summed E-state index contributed by atoms with van der Waals surface area (Å²) < 4.78 is 1.56. The molecule has 0 spiro atoms. The van der Waals surface area contributed by atoms with Gasteiger partial charge in [-0.3, -0.25) is 9.59 Å². The Balaban J connectivity index is 1.78. The minimum Gasteiger partial charge on any atom is -0.326 e. The van der Waals surface area contributed by atoms with Crippen LogP contribution in [-0.2, 0) is 11.2 Å². The number of hydrogen-bond donors (Lipinski definition) is 1. The van der Waals surface area contributed by atoms with E-state index in [4.69, 9.17) is 0 Å².